The number of hydrogen-bond acceptors (Lipinski definition) is 3. The van der Waals surface area contributed by atoms with Crippen molar-refractivity contribution >= 4 is 30.0 Å². The van der Waals surface area contributed by atoms with Crippen LogP contribution in [0.25, 0.3) is 0 Å². The highest BCUT2D eigenvalue weighted by molar-refractivity contribution is 7.99. The molecule has 0 unspecified atom stereocenters. The summed E-state index contributed by atoms with van der Waals surface area (Å²) < 4.78 is 0. The molecule has 0 atom stereocenters. The average Bonchev–Trinajstić information content (AvgIpc) is 2.15. The number of benzene rings is 1. The zero-order valence-electron chi connectivity index (χ0n) is 7.56. The molecular formula is C9H13ClN2OS. The molecule has 78 valence electrons. The second-order valence-corrected chi connectivity index (χ2v) is 3.68. The monoisotopic (exact) mass is 232 g/mol. The van der Waals surface area contributed by atoms with Gasteiger partial charge in [0.25, 0.3) is 0 Å². The van der Waals surface area contributed by atoms with Crippen LogP contribution in [0.1, 0.15) is 5.56 Å². The van der Waals surface area contributed by atoms with Crippen LogP contribution < -0.4 is 5.73 Å². The summed E-state index contributed by atoms with van der Waals surface area (Å²) in [6.45, 7) is 0.180. The highest BCUT2D eigenvalue weighted by atomic mass is 35.5. The van der Waals surface area contributed by atoms with E-state index in [1.165, 1.54) is 0 Å². The summed E-state index contributed by atoms with van der Waals surface area (Å²) >= 11 is 1.58. The van der Waals surface area contributed by atoms with Crippen molar-refractivity contribution in [3.05, 3.63) is 29.8 Å². The maximum absolute atomic E-state index is 8.60. The molecule has 0 radical (unpaired) electrons. The van der Waals surface area contributed by atoms with Crippen molar-refractivity contribution in [2.45, 2.75) is 4.90 Å². The lowest BCUT2D eigenvalue weighted by atomic mass is 10.2. The van der Waals surface area contributed by atoms with Crippen LogP contribution in [0.3, 0.4) is 0 Å². The van der Waals surface area contributed by atoms with E-state index < -0.39 is 0 Å². The number of nitrogens with one attached hydrogen (secondary N) is 1. The minimum absolute atomic E-state index is 0. The van der Waals surface area contributed by atoms with Crippen molar-refractivity contribution in [3.8, 4) is 0 Å². The Morgan fingerprint density at radius 2 is 1.93 bits per heavy atom. The first kappa shape index (κ1) is 13.3. The van der Waals surface area contributed by atoms with E-state index in [9.17, 15) is 0 Å². The molecule has 0 amide bonds. The van der Waals surface area contributed by atoms with Crippen molar-refractivity contribution in [3.63, 3.8) is 0 Å². The predicted octanol–water partition coefficient (Wildman–Crippen LogP) is 1.48. The number of aliphatic hydroxyl groups excluding tert-OH is 1. The molecule has 3 nitrogen and oxygen atoms in total. The molecule has 0 saturated carbocycles. The number of amidine groups is 1. The van der Waals surface area contributed by atoms with Crippen molar-refractivity contribution in [2.75, 3.05) is 12.4 Å². The van der Waals surface area contributed by atoms with Gasteiger partial charge in [0, 0.05) is 16.2 Å². The van der Waals surface area contributed by atoms with Crippen LogP contribution in [-0.4, -0.2) is 23.3 Å². The number of nitrogen functional groups attached to an aromatic ring is 1. The molecule has 0 aliphatic carbocycles. The van der Waals surface area contributed by atoms with Crippen LogP contribution in [0.4, 0.5) is 0 Å². The van der Waals surface area contributed by atoms with Gasteiger partial charge in [-0.2, -0.15) is 0 Å². The Kier molecular flexibility index (Phi) is 6.36. The van der Waals surface area contributed by atoms with Gasteiger partial charge < -0.3 is 10.8 Å². The van der Waals surface area contributed by atoms with E-state index in [0.717, 1.165) is 10.5 Å². The standard InChI is InChI=1S/C9H12N2OS.ClH/c10-9(11)7-1-3-8(4-2-7)13-6-5-12;/h1-4,12H,5-6H2,(H3,10,11);1H. The normalized spacial score (nSPS) is 9.21. The fourth-order valence-corrected chi connectivity index (χ4v) is 1.55. The van der Waals surface area contributed by atoms with Crippen LogP contribution in [-0.2, 0) is 0 Å². The molecule has 1 aromatic carbocycles. The zero-order valence-corrected chi connectivity index (χ0v) is 9.20. The van der Waals surface area contributed by atoms with Gasteiger partial charge in [0.05, 0.1) is 6.61 Å². The van der Waals surface area contributed by atoms with E-state index >= 15 is 0 Å². The van der Waals surface area contributed by atoms with Gasteiger partial charge in [-0.1, -0.05) is 12.1 Å². The minimum atomic E-state index is 0. The molecule has 4 N–H and O–H groups in total. The van der Waals surface area contributed by atoms with Gasteiger partial charge in [0.2, 0.25) is 0 Å². The highest BCUT2D eigenvalue weighted by Crippen LogP contribution is 2.17. The fraction of sp³-hybridized carbons (Fsp3) is 0.222. The van der Waals surface area contributed by atoms with E-state index in [0.29, 0.717) is 5.75 Å². The van der Waals surface area contributed by atoms with Gasteiger partial charge in [-0.05, 0) is 12.1 Å². The van der Waals surface area contributed by atoms with Gasteiger partial charge in [0.1, 0.15) is 5.84 Å². The molecule has 0 aromatic heterocycles. The van der Waals surface area contributed by atoms with Crippen molar-refractivity contribution in [1.82, 2.24) is 0 Å². The molecular weight excluding hydrogens is 220 g/mol. The van der Waals surface area contributed by atoms with Gasteiger partial charge in [0.15, 0.2) is 0 Å². The zero-order chi connectivity index (χ0) is 9.68. The van der Waals surface area contributed by atoms with E-state index in [2.05, 4.69) is 0 Å². The number of hydrogen-bond donors (Lipinski definition) is 3. The summed E-state index contributed by atoms with van der Waals surface area (Å²) in [5.41, 5.74) is 6.03. The SMILES string of the molecule is Cl.N=C(N)c1ccc(SCCO)cc1. The molecule has 14 heavy (non-hydrogen) atoms. The first-order valence-corrected chi connectivity index (χ1v) is 4.90. The lowest BCUT2D eigenvalue weighted by Crippen LogP contribution is -2.10. The van der Waals surface area contributed by atoms with Crippen molar-refractivity contribution in [2.24, 2.45) is 5.73 Å². The molecule has 0 fully saturated rings. The number of aliphatic hydroxyl groups is 1. The topological polar surface area (TPSA) is 70.1 Å². The first-order valence-electron chi connectivity index (χ1n) is 3.92. The second-order valence-electron chi connectivity index (χ2n) is 2.51. The maximum atomic E-state index is 8.60. The lowest BCUT2D eigenvalue weighted by molar-refractivity contribution is 0.322. The lowest BCUT2D eigenvalue weighted by Gasteiger charge is -2.01. The van der Waals surface area contributed by atoms with Gasteiger partial charge in [-0.25, -0.2) is 0 Å². The molecule has 0 saturated heterocycles. The van der Waals surface area contributed by atoms with Gasteiger partial charge >= 0.3 is 0 Å². The molecule has 5 heteroatoms. The smallest absolute Gasteiger partial charge is 0.122 e. The summed E-state index contributed by atoms with van der Waals surface area (Å²) in [6.07, 6.45) is 0. The third-order valence-corrected chi connectivity index (χ3v) is 2.52. The van der Waals surface area contributed by atoms with Crippen LogP contribution >= 0.6 is 24.2 Å². The Labute approximate surface area is 93.6 Å². The van der Waals surface area contributed by atoms with E-state index in [4.69, 9.17) is 16.2 Å². The van der Waals surface area contributed by atoms with Crippen LogP contribution in [0.2, 0.25) is 0 Å². The third kappa shape index (κ3) is 4.00. The molecule has 0 aliphatic heterocycles. The Hall–Kier alpha value is -0.710. The Morgan fingerprint density at radius 1 is 1.36 bits per heavy atom. The third-order valence-electron chi connectivity index (χ3n) is 1.53. The van der Waals surface area contributed by atoms with E-state index in [1.54, 1.807) is 11.8 Å². The molecule has 1 aromatic rings. The number of thioether (sulfide) groups is 1. The summed E-state index contributed by atoms with van der Waals surface area (Å²) in [7, 11) is 0. The molecule has 0 bridgehead atoms. The van der Waals surface area contributed by atoms with Crippen LogP contribution in [0.5, 0.6) is 0 Å². The molecule has 0 heterocycles. The summed E-state index contributed by atoms with van der Waals surface area (Å²) in [5.74, 6) is 0.776. The second kappa shape index (κ2) is 6.70. The number of nitrogens with two attached hydrogens (primary N) is 1. The molecule has 0 spiro atoms. The van der Waals surface area contributed by atoms with E-state index in [-0.39, 0.29) is 24.8 Å². The first-order chi connectivity index (χ1) is 6.24. The van der Waals surface area contributed by atoms with Crippen molar-refractivity contribution in [1.29, 1.82) is 5.41 Å². The van der Waals surface area contributed by atoms with Gasteiger partial charge in [-0.3, -0.25) is 5.41 Å². The Balaban J connectivity index is 0.00000169. The molecule has 0 aliphatic rings. The largest absolute Gasteiger partial charge is 0.396 e. The molecule has 1 rings (SSSR count). The minimum Gasteiger partial charge on any atom is -0.396 e. The Bertz CT molecular complexity index is 289. The summed E-state index contributed by atoms with van der Waals surface area (Å²) in [6, 6.07) is 7.41. The van der Waals surface area contributed by atoms with Gasteiger partial charge in [-0.15, -0.1) is 24.2 Å². The van der Waals surface area contributed by atoms with E-state index in [1.807, 2.05) is 24.3 Å². The maximum Gasteiger partial charge on any atom is 0.122 e. The Morgan fingerprint density at radius 3 is 2.36 bits per heavy atom. The summed E-state index contributed by atoms with van der Waals surface area (Å²) in [5, 5.41) is 15.8. The fourth-order valence-electron chi connectivity index (χ4n) is 0.894. The quantitative estimate of drug-likeness (QED) is 0.418. The average molecular weight is 233 g/mol. The number of rotatable bonds is 4. The highest BCUT2D eigenvalue weighted by Gasteiger charge is 1.96. The number of halogens is 1. The van der Waals surface area contributed by atoms with Crippen LogP contribution in [0.15, 0.2) is 29.2 Å². The summed E-state index contributed by atoms with van der Waals surface area (Å²) in [4.78, 5) is 1.08. The van der Waals surface area contributed by atoms with Crippen LogP contribution in [0, 0.1) is 5.41 Å². The predicted molar refractivity (Wildman–Crippen MR) is 62.5 cm³/mol. The van der Waals surface area contributed by atoms with Crippen molar-refractivity contribution < 1.29 is 5.11 Å².